The van der Waals surface area contributed by atoms with E-state index in [9.17, 15) is 14.7 Å². The van der Waals surface area contributed by atoms with E-state index in [-0.39, 0.29) is 23.1 Å². The fraction of sp³-hybridized carbons (Fsp3) is 0.522. The molecular weight excluding hydrogens is 446 g/mol. The Bertz CT molecular complexity index is 1000. The molecule has 1 N–H and O–H groups in total. The van der Waals surface area contributed by atoms with E-state index in [0.29, 0.717) is 18.8 Å². The lowest BCUT2D eigenvalue weighted by molar-refractivity contribution is 0.0660. The minimum absolute atomic E-state index is 0.0451. The van der Waals surface area contributed by atoms with Gasteiger partial charge in [0.1, 0.15) is 5.82 Å². The van der Waals surface area contributed by atoms with Crippen molar-refractivity contribution in [1.82, 2.24) is 14.5 Å². The number of carbonyl (C=O) groups is 1. The van der Waals surface area contributed by atoms with E-state index in [1.54, 1.807) is 16.5 Å². The zero-order chi connectivity index (χ0) is 22.2. The maximum Gasteiger partial charge on any atom is 0.315 e. The maximum atomic E-state index is 12.8. The SMILES string of the molecule is C=C(C)/C=C(Br)\C=C(/C)C1(Cc2nc(=O)c(O)c3n2C[C@H](C)N(C)C3=O)CCCC1. The molecule has 1 saturated carbocycles. The molecule has 2 heterocycles. The standard InChI is InChI=1S/C23H30BrN3O3/c1-14(2)10-17(24)11-15(3)23(8-6-7-9-23)12-18-25-21(29)20(28)19-22(30)26(5)16(4)13-27(18)19/h10-11,16,28H,1,6-9,12-13H2,2-5H3/b15-11+,17-10+/t16-/m0/s1. The molecule has 3 rings (SSSR count). The third-order valence-corrected chi connectivity index (χ3v) is 6.96. The average Bonchev–Trinajstić information content (AvgIpc) is 3.13. The Hall–Kier alpha value is -2.15. The molecule has 1 aromatic heterocycles. The van der Waals surface area contributed by atoms with E-state index < -0.39 is 11.3 Å². The number of hydrogen-bond donors (Lipinski definition) is 1. The van der Waals surface area contributed by atoms with Crippen LogP contribution < -0.4 is 5.56 Å². The molecule has 1 aliphatic heterocycles. The van der Waals surface area contributed by atoms with Crippen molar-refractivity contribution in [2.24, 2.45) is 5.41 Å². The summed E-state index contributed by atoms with van der Waals surface area (Å²) in [6, 6.07) is -0.0451. The smallest absolute Gasteiger partial charge is 0.315 e. The van der Waals surface area contributed by atoms with Gasteiger partial charge in [0.25, 0.3) is 5.91 Å². The summed E-state index contributed by atoms with van der Waals surface area (Å²) in [6.07, 6.45) is 8.89. The van der Waals surface area contributed by atoms with E-state index in [1.807, 2.05) is 19.9 Å². The highest BCUT2D eigenvalue weighted by atomic mass is 79.9. The minimum atomic E-state index is -0.731. The van der Waals surface area contributed by atoms with Crippen LogP contribution in [0.15, 0.2) is 39.2 Å². The van der Waals surface area contributed by atoms with Gasteiger partial charge in [-0.2, -0.15) is 4.98 Å². The number of allylic oxidation sites excluding steroid dienone is 5. The van der Waals surface area contributed by atoms with Gasteiger partial charge in [0, 0.05) is 30.5 Å². The van der Waals surface area contributed by atoms with Crippen molar-refractivity contribution in [1.29, 1.82) is 0 Å². The van der Waals surface area contributed by atoms with Crippen LogP contribution in [-0.4, -0.2) is 38.6 Å². The molecule has 0 bridgehead atoms. The Kier molecular flexibility index (Phi) is 6.41. The average molecular weight is 476 g/mol. The summed E-state index contributed by atoms with van der Waals surface area (Å²) in [5, 5.41) is 10.3. The Labute approximate surface area is 186 Å². The molecule has 1 aromatic rings. The molecular formula is C23H30BrN3O3. The number of hydrogen-bond acceptors (Lipinski definition) is 4. The Morgan fingerprint density at radius 1 is 1.30 bits per heavy atom. The first-order valence-electron chi connectivity index (χ1n) is 10.4. The highest BCUT2D eigenvalue weighted by Gasteiger charge is 2.39. The zero-order valence-electron chi connectivity index (χ0n) is 18.2. The van der Waals surface area contributed by atoms with Crippen LogP contribution in [0.2, 0.25) is 0 Å². The fourth-order valence-electron chi connectivity index (χ4n) is 4.59. The largest absolute Gasteiger partial charge is 0.501 e. The predicted octanol–water partition coefficient (Wildman–Crippen LogP) is 4.33. The Balaban J connectivity index is 2.09. The van der Waals surface area contributed by atoms with Crippen molar-refractivity contribution >= 4 is 21.8 Å². The number of likely N-dealkylation sites (N-methyl/N-ethyl adjacent to an activating group) is 1. The third kappa shape index (κ3) is 4.17. The van der Waals surface area contributed by atoms with Crippen LogP contribution in [0.4, 0.5) is 0 Å². The number of amides is 1. The van der Waals surface area contributed by atoms with Crippen molar-refractivity contribution in [2.75, 3.05) is 7.05 Å². The van der Waals surface area contributed by atoms with Gasteiger partial charge >= 0.3 is 5.56 Å². The molecule has 7 heteroatoms. The first-order chi connectivity index (χ1) is 14.1. The van der Waals surface area contributed by atoms with Crippen LogP contribution in [0.25, 0.3) is 0 Å². The maximum absolute atomic E-state index is 12.8. The van der Waals surface area contributed by atoms with E-state index in [0.717, 1.165) is 35.7 Å². The van der Waals surface area contributed by atoms with Gasteiger partial charge in [0.2, 0.25) is 5.75 Å². The second-order valence-corrected chi connectivity index (χ2v) is 9.69. The monoisotopic (exact) mass is 475 g/mol. The van der Waals surface area contributed by atoms with Crippen LogP contribution in [0.3, 0.4) is 0 Å². The van der Waals surface area contributed by atoms with Gasteiger partial charge in [-0.3, -0.25) is 9.59 Å². The molecule has 162 valence electrons. The molecule has 1 fully saturated rings. The Morgan fingerprint density at radius 2 is 1.93 bits per heavy atom. The number of nitrogens with zero attached hydrogens (tertiary/aromatic N) is 3. The number of rotatable bonds is 5. The molecule has 0 saturated heterocycles. The lowest BCUT2D eigenvalue weighted by atomic mass is 9.75. The van der Waals surface area contributed by atoms with Gasteiger partial charge in [-0.25, -0.2) is 0 Å². The first-order valence-corrected chi connectivity index (χ1v) is 11.2. The third-order valence-electron chi connectivity index (χ3n) is 6.50. The second-order valence-electron chi connectivity index (χ2n) is 8.77. The van der Waals surface area contributed by atoms with Gasteiger partial charge in [-0.05, 0) is 51.2 Å². The lowest BCUT2D eigenvalue weighted by Crippen LogP contribution is -2.46. The van der Waals surface area contributed by atoms with Gasteiger partial charge in [-0.15, -0.1) is 0 Å². The van der Waals surface area contributed by atoms with Crippen LogP contribution in [0.1, 0.15) is 62.8 Å². The fourth-order valence-corrected chi connectivity index (χ4v) is 5.33. The van der Waals surface area contributed by atoms with Crippen molar-refractivity contribution in [2.45, 2.75) is 65.5 Å². The van der Waals surface area contributed by atoms with Crippen LogP contribution in [-0.2, 0) is 13.0 Å². The van der Waals surface area contributed by atoms with Crippen LogP contribution in [0.5, 0.6) is 5.75 Å². The zero-order valence-corrected chi connectivity index (χ0v) is 19.8. The molecule has 0 unspecified atom stereocenters. The number of aromatic hydroxyl groups is 1. The van der Waals surface area contributed by atoms with Crippen molar-refractivity contribution in [3.63, 3.8) is 0 Å². The van der Waals surface area contributed by atoms with Crippen molar-refractivity contribution in [3.05, 3.63) is 56.2 Å². The van der Waals surface area contributed by atoms with Crippen LogP contribution in [0, 0.1) is 5.41 Å². The molecule has 0 radical (unpaired) electrons. The molecule has 1 atom stereocenters. The topological polar surface area (TPSA) is 75.4 Å². The number of carbonyl (C=O) groups excluding carboxylic acids is 1. The summed E-state index contributed by atoms with van der Waals surface area (Å²) in [6.45, 7) is 10.5. The van der Waals surface area contributed by atoms with E-state index >= 15 is 0 Å². The number of fused-ring (bicyclic) bond motifs is 1. The summed E-state index contributed by atoms with van der Waals surface area (Å²) >= 11 is 3.61. The van der Waals surface area contributed by atoms with E-state index in [4.69, 9.17) is 0 Å². The molecule has 1 amide bonds. The van der Waals surface area contributed by atoms with Crippen LogP contribution >= 0.6 is 15.9 Å². The summed E-state index contributed by atoms with van der Waals surface area (Å²) in [5.74, 6) is -0.315. The minimum Gasteiger partial charge on any atom is -0.501 e. The molecule has 1 aliphatic carbocycles. The van der Waals surface area contributed by atoms with E-state index in [2.05, 4.69) is 40.5 Å². The van der Waals surface area contributed by atoms with Gasteiger partial charge in [0.15, 0.2) is 5.69 Å². The van der Waals surface area contributed by atoms with Gasteiger partial charge < -0.3 is 14.6 Å². The van der Waals surface area contributed by atoms with Gasteiger partial charge in [0.05, 0.1) is 0 Å². The molecule has 2 aliphatic rings. The van der Waals surface area contributed by atoms with Crippen molar-refractivity contribution < 1.29 is 9.90 Å². The number of halogens is 1. The van der Waals surface area contributed by atoms with Gasteiger partial charge in [-0.1, -0.05) is 46.5 Å². The normalized spacial score (nSPS) is 21.7. The molecule has 6 nitrogen and oxygen atoms in total. The van der Waals surface area contributed by atoms with Crippen molar-refractivity contribution in [3.8, 4) is 5.75 Å². The second kappa shape index (κ2) is 8.53. The molecule has 0 aromatic carbocycles. The Morgan fingerprint density at radius 3 is 2.53 bits per heavy atom. The molecule has 30 heavy (non-hydrogen) atoms. The molecule has 0 spiro atoms. The summed E-state index contributed by atoms with van der Waals surface area (Å²) < 4.78 is 2.72. The highest BCUT2D eigenvalue weighted by Crippen LogP contribution is 2.47. The predicted molar refractivity (Wildman–Crippen MR) is 122 cm³/mol. The highest BCUT2D eigenvalue weighted by molar-refractivity contribution is 9.11. The summed E-state index contributed by atoms with van der Waals surface area (Å²) in [5.41, 5.74) is 1.38. The summed E-state index contributed by atoms with van der Waals surface area (Å²) in [7, 11) is 1.69. The van der Waals surface area contributed by atoms with E-state index in [1.165, 1.54) is 5.57 Å². The number of aromatic nitrogens is 2. The first kappa shape index (κ1) is 22.5. The summed E-state index contributed by atoms with van der Waals surface area (Å²) in [4.78, 5) is 31.0. The quantitative estimate of drug-likeness (QED) is 0.643. The lowest BCUT2D eigenvalue weighted by Gasteiger charge is -2.36.